The molecule has 0 aliphatic rings. The van der Waals surface area contributed by atoms with Crippen LogP contribution in [0, 0.1) is 0 Å². The zero-order chi connectivity index (χ0) is 14.4. The lowest BCUT2D eigenvalue weighted by Gasteiger charge is -2.11. The van der Waals surface area contributed by atoms with Crippen molar-refractivity contribution in [2.45, 2.75) is 11.6 Å². The number of hydrogen-bond acceptors (Lipinski definition) is 6. The van der Waals surface area contributed by atoms with Crippen molar-refractivity contribution in [2.75, 3.05) is 25.2 Å². The van der Waals surface area contributed by atoms with Gasteiger partial charge in [0.15, 0.2) is 5.16 Å². The van der Waals surface area contributed by atoms with E-state index in [9.17, 15) is 0 Å². The summed E-state index contributed by atoms with van der Waals surface area (Å²) in [4.78, 5) is 8.62. The number of thioether (sulfide) groups is 1. The van der Waals surface area contributed by atoms with E-state index in [1.807, 2.05) is 30.5 Å². The quantitative estimate of drug-likeness (QED) is 0.630. The molecule has 0 spiro atoms. The van der Waals surface area contributed by atoms with Crippen LogP contribution in [0.2, 0.25) is 0 Å². The minimum Gasteiger partial charge on any atom is -0.439 e. The van der Waals surface area contributed by atoms with E-state index in [1.54, 1.807) is 13.1 Å². The summed E-state index contributed by atoms with van der Waals surface area (Å²) < 4.78 is 5.83. The molecule has 5 nitrogen and oxygen atoms in total. The SMILES string of the molecule is CNc1cc(Oc2ccccc2CCO)nc(SC)n1. The number of aromatic nitrogens is 2. The molecule has 106 valence electrons. The lowest BCUT2D eigenvalue weighted by molar-refractivity contribution is 0.297. The minimum atomic E-state index is 0.0853. The Morgan fingerprint density at radius 1 is 1.30 bits per heavy atom. The molecule has 2 aromatic rings. The first-order chi connectivity index (χ1) is 9.76. The topological polar surface area (TPSA) is 67.3 Å². The van der Waals surface area contributed by atoms with Gasteiger partial charge in [-0.3, -0.25) is 0 Å². The summed E-state index contributed by atoms with van der Waals surface area (Å²) in [6.45, 7) is 0.0853. The van der Waals surface area contributed by atoms with E-state index in [4.69, 9.17) is 9.84 Å². The van der Waals surface area contributed by atoms with Gasteiger partial charge in [0.05, 0.1) is 0 Å². The maximum absolute atomic E-state index is 9.08. The van der Waals surface area contributed by atoms with E-state index in [2.05, 4.69) is 15.3 Å². The second-order valence-electron chi connectivity index (χ2n) is 4.01. The number of hydrogen-bond donors (Lipinski definition) is 2. The molecule has 0 saturated heterocycles. The highest BCUT2D eigenvalue weighted by Gasteiger charge is 2.08. The number of anilines is 1. The highest BCUT2D eigenvalue weighted by Crippen LogP contribution is 2.27. The molecule has 6 heteroatoms. The summed E-state index contributed by atoms with van der Waals surface area (Å²) in [7, 11) is 1.80. The third kappa shape index (κ3) is 3.61. The number of benzene rings is 1. The van der Waals surface area contributed by atoms with Crippen molar-refractivity contribution in [3.63, 3.8) is 0 Å². The van der Waals surface area contributed by atoms with Gasteiger partial charge in [0.25, 0.3) is 0 Å². The third-order valence-electron chi connectivity index (χ3n) is 2.69. The van der Waals surface area contributed by atoms with Gasteiger partial charge < -0.3 is 15.2 Å². The number of para-hydroxylation sites is 1. The summed E-state index contributed by atoms with van der Waals surface area (Å²) in [6, 6.07) is 9.36. The van der Waals surface area contributed by atoms with Gasteiger partial charge in [-0.1, -0.05) is 30.0 Å². The molecule has 0 aliphatic heterocycles. The monoisotopic (exact) mass is 291 g/mol. The van der Waals surface area contributed by atoms with E-state index in [-0.39, 0.29) is 6.61 Å². The van der Waals surface area contributed by atoms with Gasteiger partial charge in [-0.15, -0.1) is 0 Å². The molecule has 2 N–H and O–H groups in total. The van der Waals surface area contributed by atoms with Crippen molar-refractivity contribution in [3.05, 3.63) is 35.9 Å². The third-order valence-corrected chi connectivity index (χ3v) is 3.24. The molecular weight excluding hydrogens is 274 g/mol. The van der Waals surface area contributed by atoms with Gasteiger partial charge >= 0.3 is 0 Å². The number of rotatable bonds is 6. The summed E-state index contributed by atoms with van der Waals surface area (Å²) in [5.74, 6) is 1.90. The predicted octanol–water partition coefficient (Wildman–Crippen LogP) is 2.57. The van der Waals surface area contributed by atoms with E-state index in [0.717, 1.165) is 5.56 Å². The van der Waals surface area contributed by atoms with Crippen LogP contribution in [0.1, 0.15) is 5.56 Å². The molecule has 0 unspecified atom stereocenters. The number of aliphatic hydroxyl groups is 1. The van der Waals surface area contributed by atoms with Crippen molar-refractivity contribution in [1.29, 1.82) is 0 Å². The van der Waals surface area contributed by atoms with Gasteiger partial charge in [0, 0.05) is 19.7 Å². The normalized spacial score (nSPS) is 10.3. The second-order valence-corrected chi connectivity index (χ2v) is 4.78. The average Bonchev–Trinajstić information content (AvgIpc) is 2.49. The second kappa shape index (κ2) is 7.12. The fourth-order valence-corrected chi connectivity index (χ4v) is 2.09. The Labute approximate surface area is 122 Å². The Bertz CT molecular complexity index is 556. The smallest absolute Gasteiger partial charge is 0.225 e. The fraction of sp³-hybridized carbons (Fsp3) is 0.286. The highest BCUT2D eigenvalue weighted by molar-refractivity contribution is 7.98. The van der Waals surface area contributed by atoms with Crippen LogP contribution >= 0.6 is 11.8 Å². The van der Waals surface area contributed by atoms with Crippen LogP contribution in [0.15, 0.2) is 35.5 Å². The molecule has 1 heterocycles. The summed E-state index contributed by atoms with van der Waals surface area (Å²) in [6.07, 6.45) is 2.47. The largest absolute Gasteiger partial charge is 0.439 e. The molecule has 0 atom stereocenters. The zero-order valence-corrected chi connectivity index (χ0v) is 12.3. The molecule has 2 rings (SSSR count). The molecule has 1 aromatic carbocycles. The zero-order valence-electron chi connectivity index (χ0n) is 11.5. The van der Waals surface area contributed by atoms with Crippen LogP contribution in [-0.2, 0) is 6.42 Å². The van der Waals surface area contributed by atoms with Crippen molar-refractivity contribution in [3.8, 4) is 11.6 Å². The number of nitrogens with zero attached hydrogens (tertiary/aromatic N) is 2. The van der Waals surface area contributed by atoms with Gasteiger partial charge in [-0.2, -0.15) is 4.98 Å². The van der Waals surface area contributed by atoms with Crippen molar-refractivity contribution >= 4 is 17.6 Å². The molecule has 1 aromatic heterocycles. The van der Waals surface area contributed by atoms with Crippen molar-refractivity contribution in [2.24, 2.45) is 0 Å². The molecule has 20 heavy (non-hydrogen) atoms. The molecule has 0 radical (unpaired) electrons. The van der Waals surface area contributed by atoms with E-state index < -0.39 is 0 Å². The maximum Gasteiger partial charge on any atom is 0.225 e. The van der Waals surface area contributed by atoms with Crippen LogP contribution in [0.4, 0.5) is 5.82 Å². The predicted molar refractivity (Wildman–Crippen MR) is 80.7 cm³/mol. The van der Waals surface area contributed by atoms with Gasteiger partial charge in [-0.05, 0) is 24.3 Å². The summed E-state index contributed by atoms with van der Waals surface area (Å²) in [5, 5.41) is 12.7. The van der Waals surface area contributed by atoms with Crippen LogP contribution in [0.5, 0.6) is 11.6 Å². The van der Waals surface area contributed by atoms with Crippen LogP contribution in [-0.4, -0.2) is 35.0 Å². The molecular formula is C14H17N3O2S. The maximum atomic E-state index is 9.08. The minimum absolute atomic E-state index is 0.0853. The van der Waals surface area contributed by atoms with Gasteiger partial charge in [0.1, 0.15) is 11.6 Å². The Kier molecular flexibility index (Phi) is 5.20. The van der Waals surface area contributed by atoms with Crippen LogP contribution < -0.4 is 10.1 Å². The van der Waals surface area contributed by atoms with Gasteiger partial charge in [-0.25, -0.2) is 4.98 Å². The lowest BCUT2D eigenvalue weighted by Crippen LogP contribution is -2.00. The summed E-state index contributed by atoms with van der Waals surface area (Å²) >= 11 is 1.46. The fourth-order valence-electron chi connectivity index (χ4n) is 1.72. The Morgan fingerprint density at radius 2 is 2.10 bits per heavy atom. The first-order valence-corrected chi connectivity index (χ1v) is 7.46. The van der Waals surface area contributed by atoms with E-state index in [1.165, 1.54) is 11.8 Å². The van der Waals surface area contributed by atoms with Crippen LogP contribution in [0.25, 0.3) is 0 Å². The standard InChI is InChI=1S/C14H17N3O2S/c1-15-12-9-13(17-14(16-12)20-2)19-11-6-4-3-5-10(11)7-8-18/h3-6,9,18H,7-8H2,1-2H3,(H,15,16,17). The Hall–Kier alpha value is -1.79. The van der Waals surface area contributed by atoms with Crippen molar-refractivity contribution < 1.29 is 9.84 Å². The first kappa shape index (κ1) is 14.6. The molecule has 0 bridgehead atoms. The molecule has 0 fully saturated rings. The molecule has 0 amide bonds. The Balaban J connectivity index is 2.29. The van der Waals surface area contributed by atoms with Crippen molar-refractivity contribution in [1.82, 2.24) is 9.97 Å². The summed E-state index contributed by atoms with van der Waals surface area (Å²) in [5.41, 5.74) is 0.949. The molecule has 0 saturated carbocycles. The van der Waals surface area contributed by atoms with E-state index >= 15 is 0 Å². The number of aliphatic hydroxyl groups excluding tert-OH is 1. The highest BCUT2D eigenvalue weighted by atomic mass is 32.2. The average molecular weight is 291 g/mol. The number of nitrogens with one attached hydrogen (secondary N) is 1. The molecule has 0 aliphatic carbocycles. The number of ether oxygens (including phenoxy) is 1. The Morgan fingerprint density at radius 3 is 2.80 bits per heavy atom. The first-order valence-electron chi connectivity index (χ1n) is 6.24. The van der Waals surface area contributed by atoms with E-state index in [0.29, 0.717) is 29.0 Å². The lowest BCUT2D eigenvalue weighted by atomic mass is 10.1. The van der Waals surface area contributed by atoms with Gasteiger partial charge in [0.2, 0.25) is 5.88 Å². The van der Waals surface area contributed by atoms with Crippen LogP contribution in [0.3, 0.4) is 0 Å².